The van der Waals surface area contributed by atoms with Gasteiger partial charge in [0.05, 0.1) is 0 Å². The van der Waals surface area contributed by atoms with Gasteiger partial charge in [0, 0.05) is 6.42 Å². The predicted octanol–water partition coefficient (Wildman–Crippen LogP) is 4.74. The van der Waals surface area contributed by atoms with E-state index in [2.05, 4.69) is 6.58 Å². The number of alkyl halides is 3. The van der Waals surface area contributed by atoms with E-state index >= 15 is 0 Å². The number of rotatable bonds is 2. The van der Waals surface area contributed by atoms with E-state index in [1.54, 1.807) is 0 Å². The van der Waals surface area contributed by atoms with Gasteiger partial charge >= 0.3 is 0 Å². The van der Waals surface area contributed by atoms with Crippen molar-refractivity contribution in [1.82, 2.24) is 0 Å². The minimum Gasteiger partial charge on any atom is -0.204 e. The zero-order valence-electron chi connectivity index (χ0n) is 7.54. The van der Waals surface area contributed by atoms with Crippen molar-refractivity contribution in [2.45, 2.75) is 10.2 Å². The van der Waals surface area contributed by atoms with Gasteiger partial charge in [-0.15, -0.1) is 0 Å². The number of benzene rings is 1. The molecule has 0 heterocycles. The third kappa shape index (κ3) is 3.98. The molecule has 0 bridgehead atoms. The lowest BCUT2D eigenvalue weighted by molar-refractivity contribution is 0.508. The van der Waals surface area contributed by atoms with E-state index in [-0.39, 0.29) is 6.42 Å². The van der Waals surface area contributed by atoms with Crippen LogP contribution in [-0.2, 0) is 0 Å². The van der Waals surface area contributed by atoms with Crippen LogP contribution in [0.5, 0.6) is 0 Å². The van der Waals surface area contributed by atoms with Crippen LogP contribution in [-0.4, -0.2) is 3.79 Å². The molecule has 0 unspecified atom stereocenters. The molecule has 1 aromatic rings. The summed E-state index contributed by atoms with van der Waals surface area (Å²) in [6.45, 7) is 3.64. The van der Waals surface area contributed by atoms with E-state index in [1.807, 2.05) is 0 Å². The first-order valence-corrected chi connectivity index (χ1v) is 5.13. The molecular weight excluding hydrogens is 264 g/mol. The molecule has 0 aliphatic rings. The molecule has 1 aromatic carbocycles. The highest BCUT2D eigenvalue weighted by molar-refractivity contribution is 6.67. The Balaban J connectivity index is 2.88. The van der Waals surface area contributed by atoms with Crippen LogP contribution in [0.1, 0.15) is 12.0 Å². The first-order valence-electron chi connectivity index (χ1n) is 3.99. The Morgan fingerprint density at radius 3 is 2.27 bits per heavy atom. The average molecular weight is 272 g/mol. The lowest BCUT2D eigenvalue weighted by atomic mass is 10.1. The van der Waals surface area contributed by atoms with Gasteiger partial charge in [0.2, 0.25) is 0 Å². The molecule has 0 atom stereocenters. The molecule has 1 rings (SSSR count). The smallest absolute Gasteiger partial charge is 0.194 e. The van der Waals surface area contributed by atoms with Crippen LogP contribution in [0.3, 0.4) is 0 Å². The Labute approximate surface area is 101 Å². The number of hydrogen-bond acceptors (Lipinski definition) is 0. The fourth-order valence-electron chi connectivity index (χ4n) is 1.06. The Morgan fingerprint density at radius 1 is 1.20 bits per heavy atom. The summed E-state index contributed by atoms with van der Waals surface area (Å²) >= 11 is 16.7. The van der Waals surface area contributed by atoms with Gasteiger partial charge < -0.3 is 0 Å². The third-order valence-electron chi connectivity index (χ3n) is 1.74. The Morgan fingerprint density at radius 2 is 1.80 bits per heavy atom. The highest BCUT2D eigenvalue weighted by atomic mass is 35.6. The fourth-order valence-corrected chi connectivity index (χ4v) is 1.54. The fraction of sp³-hybridized carbons (Fsp3) is 0.200. The molecule has 15 heavy (non-hydrogen) atoms. The van der Waals surface area contributed by atoms with Gasteiger partial charge in [-0.3, -0.25) is 0 Å². The monoisotopic (exact) mass is 270 g/mol. The maximum absolute atomic E-state index is 12.9. The minimum absolute atomic E-state index is 0.0583. The maximum Gasteiger partial charge on any atom is 0.194 e. The molecule has 0 spiro atoms. The third-order valence-corrected chi connectivity index (χ3v) is 2.14. The second kappa shape index (κ2) is 4.69. The highest BCUT2D eigenvalue weighted by Gasteiger charge is 2.21. The molecule has 0 radical (unpaired) electrons. The average Bonchev–Trinajstić information content (AvgIpc) is 2.06. The topological polar surface area (TPSA) is 0 Å². The lowest BCUT2D eigenvalue weighted by Crippen LogP contribution is -2.03. The summed E-state index contributed by atoms with van der Waals surface area (Å²) in [5, 5.41) is 0. The summed E-state index contributed by atoms with van der Waals surface area (Å²) in [6, 6.07) is 3.42. The highest BCUT2D eigenvalue weighted by Crippen LogP contribution is 2.36. The van der Waals surface area contributed by atoms with Crippen molar-refractivity contribution in [1.29, 1.82) is 0 Å². The van der Waals surface area contributed by atoms with E-state index in [0.29, 0.717) is 11.1 Å². The molecule has 82 valence electrons. The molecule has 0 amide bonds. The van der Waals surface area contributed by atoms with Gasteiger partial charge in [0.15, 0.2) is 15.4 Å². The van der Waals surface area contributed by atoms with Gasteiger partial charge in [0.1, 0.15) is 0 Å². The van der Waals surface area contributed by atoms with Crippen LogP contribution in [0.25, 0.3) is 5.57 Å². The Hall–Kier alpha value is -0.310. The molecule has 0 aromatic heterocycles. The van der Waals surface area contributed by atoms with Gasteiger partial charge in [-0.2, -0.15) is 0 Å². The molecule has 5 heteroatoms. The number of allylic oxidation sites excluding steroid dienone is 1. The van der Waals surface area contributed by atoms with Crippen molar-refractivity contribution in [2.24, 2.45) is 0 Å². The second-order valence-electron chi connectivity index (χ2n) is 3.02. The first kappa shape index (κ1) is 12.8. The molecule has 0 fully saturated rings. The molecule has 0 saturated heterocycles. The maximum atomic E-state index is 12.9. The van der Waals surface area contributed by atoms with Gasteiger partial charge in [-0.05, 0) is 23.3 Å². The molecule has 0 aliphatic heterocycles. The van der Waals surface area contributed by atoms with Crippen molar-refractivity contribution in [3.05, 3.63) is 42.0 Å². The molecule has 0 nitrogen and oxygen atoms in total. The molecule has 0 saturated carbocycles. The number of hydrogen-bond donors (Lipinski definition) is 0. The Bertz CT molecular complexity index is 383. The van der Waals surface area contributed by atoms with Gasteiger partial charge in [-0.1, -0.05) is 47.4 Å². The largest absolute Gasteiger partial charge is 0.204 e. The lowest BCUT2D eigenvalue weighted by Gasteiger charge is -2.13. The van der Waals surface area contributed by atoms with E-state index in [0.717, 1.165) is 12.1 Å². The summed E-state index contributed by atoms with van der Waals surface area (Å²) in [5.41, 5.74) is 0.856. The SMILES string of the molecule is C=C(CC(Cl)(Cl)Cl)c1ccc(F)c(F)c1. The quantitative estimate of drug-likeness (QED) is 0.682. The van der Waals surface area contributed by atoms with Crippen LogP contribution in [0.4, 0.5) is 8.78 Å². The molecular formula is C10H7Cl3F2. The zero-order valence-corrected chi connectivity index (χ0v) is 9.80. The normalized spacial score (nSPS) is 11.5. The Kier molecular flexibility index (Phi) is 3.99. The summed E-state index contributed by atoms with van der Waals surface area (Å²) < 4.78 is 24.0. The standard InChI is InChI=1S/C10H7Cl3F2/c1-6(5-10(11,12)13)7-2-3-8(14)9(15)4-7/h2-4H,1,5H2. The summed E-state index contributed by atoms with van der Waals surface area (Å²) in [6.07, 6.45) is 0.0583. The van der Waals surface area contributed by atoms with Crippen molar-refractivity contribution in [2.75, 3.05) is 0 Å². The first-order chi connectivity index (χ1) is 6.79. The molecule has 0 N–H and O–H groups in total. The van der Waals surface area contributed by atoms with Crippen LogP contribution >= 0.6 is 34.8 Å². The van der Waals surface area contributed by atoms with Crippen LogP contribution in [0, 0.1) is 11.6 Å². The summed E-state index contributed by atoms with van der Waals surface area (Å²) in [7, 11) is 0. The van der Waals surface area contributed by atoms with Crippen molar-refractivity contribution in [3.63, 3.8) is 0 Å². The summed E-state index contributed by atoms with van der Waals surface area (Å²) in [5.74, 6) is -1.86. The van der Waals surface area contributed by atoms with Crippen molar-refractivity contribution in [3.8, 4) is 0 Å². The van der Waals surface area contributed by atoms with Crippen molar-refractivity contribution < 1.29 is 8.78 Å². The van der Waals surface area contributed by atoms with Crippen molar-refractivity contribution >= 4 is 40.4 Å². The zero-order chi connectivity index (χ0) is 11.6. The molecule has 0 aliphatic carbocycles. The van der Waals surface area contributed by atoms with E-state index in [9.17, 15) is 8.78 Å². The van der Waals surface area contributed by atoms with Gasteiger partial charge in [-0.25, -0.2) is 8.78 Å². The van der Waals surface area contributed by atoms with E-state index < -0.39 is 15.4 Å². The van der Waals surface area contributed by atoms with Gasteiger partial charge in [0.25, 0.3) is 0 Å². The second-order valence-corrected chi connectivity index (χ2v) is 5.54. The van der Waals surface area contributed by atoms with E-state index in [4.69, 9.17) is 34.8 Å². The summed E-state index contributed by atoms with van der Waals surface area (Å²) in [4.78, 5) is 0. The van der Waals surface area contributed by atoms with Crippen LogP contribution < -0.4 is 0 Å². The van der Waals surface area contributed by atoms with E-state index in [1.165, 1.54) is 6.07 Å². The minimum atomic E-state index is -1.48. The predicted molar refractivity (Wildman–Crippen MR) is 60.3 cm³/mol. The van der Waals surface area contributed by atoms with Crippen LogP contribution in [0.15, 0.2) is 24.8 Å². The van der Waals surface area contributed by atoms with Crippen LogP contribution in [0.2, 0.25) is 0 Å². The number of halogens is 5.